The Kier molecular flexibility index (Phi) is 3.47. The molecule has 2 heterocycles. The molecule has 0 radical (unpaired) electrons. The van der Waals surface area contributed by atoms with E-state index in [1.165, 1.54) is 0 Å². The smallest absolute Gasteiger partial charge is 0.373 e. The fourth-order valence-electron chi connectivity index (χ4n) is 2.27. The summed E-state index contributed by atoms with van der Waals surface area (Å²) in [6.07, 6.45) is 2.40. The van der Waals surface area contributed by atoms with Gasteiger partial charge in [-0.15, -0.1) is 0 Å². The third-order valence-corrected chi connectivity index (χ3v) is 3.17. The van der Waals surface area contributed by atoms with E-state index in [9.17, 15) is 4.79 Å². The van der Waals surface area contributed by atoms with Gasteiger partial charge in [-0.25, -0.2) is 9.78 Å². The fraction of sp³-hybridized carbons (Fsp3) is 0.667. The van der Waals surface area contributed by atoms with Crippen LogP contribution in [0.5, 0.6) is 0 Å². The molecular weight excluding hydrogens is 222 g/mol. The Bertz CT molecular complexity index is 413. The van der Waals surface area contributed by atoms with Crippen LogP contribution in [-0.2, 0) is 11.2 Å². The molecule has 1 N–H and O–H groups in total. The van der Waals surface area contributed by atoms with Crippen molar-refractivity contribution in [1.82, 2.24) is 4.98 Å². The number of oxazole rings is 1. The van der Waals surface area contributed by atoms with Crippen molar-refractivity contribution >= 4 is 5.97 Å². The van der Waals surface area contributed by atoms with Gasteiger partial charge in [0.1, 0.15) is 0 Å². The number of carbonyl (C=O) groups is 1. The molecule has 1 aromatic heterocycles. The van der Waals surface area contributed by atoms with Crippen LogP contribution in [-0.4, -0.2) is 28.8 Å². The zero-order chi connectivity index (χ0) is 12.4. The largest absolute Gasteiger partial charge is 0.475 e. The fourth-order valence-corrected chi connectivity index (χ4v) is 2.27. The molecule has 0 bridgehead atoms. The summed E-state index contributed by atoms with van der Waals surface area (Å²) in [5.74, 6) is -0.459. The van der Waals surface area contributed by atoms with E-state index in [4.69, 9.17) is 14.3 Å². The van der Waals surface area contributed by atoms with Crippen LogP contribution in [0.2, 0.25) is 0 Å². The first-order valence-corrected chi connectivity index (χ1v) is 6.01. The molecule has 0 spiro atoms. The highest BCUT2D eigenvalue weighted by molar-refractivity contribution is 5.85. The Labute approximate surface area is 99.8 Å². The molecule has 5 heteroatoms. The van der Waals surface area contributed by atoms with Crippen molar-refractivity contribution in [3.63, 3.8) is 0 Å². The molecule has 94 valence electrons. The molecule has 2 unspecified atom stereocenters. The number of ether oxygens (including phenoxy) is 1. The summed E-state index contributed by atoms with van der Waals surface area (Å²) in [4.78, 5) is 15.3. The number of hydrogen-bond donors (Lipinski definition) is 1. The maximum absolute atomic E-state index is 11.0. The summed E-state index contributed by atoms with van der Waals surface area (Å²) >= 11 is 0. The minimum atomic E-state index is -1.05. The van der Waals surface area contributed by atoms with Crippen LogP contribution in [0.3, 0.4) is 0 Å². The van der Waals surface area contributed by atoms with Gasteiger partial charge in [0, 0.05) is 6.61 Å². The van der Waals surface area contributed by atoms with E-state index in [-0.39, 0.29) is 17.8 Å². The highest BCUT2D eigenvalue weighted by atomic mass is 16.5. The molecule has 0 saturated carbocycles. The molecule has 17 heavy (non-hydrogen) atoms. The average Bonchev–Trinajstić information content (AvgIpc) is 2.94. The number of aryl methyl sites for hydroxylation is 1. The highest BCUT2D eigenvalue weighted by Gasteiger charge is 2.33. The van der Waals surface area contributed by atoms with Crippen LogP contribution in [0.4, 0.5) is 0 Å². The van der Waals surface area contributed by atoms with E-state index in [0.29, 0.717) is 24.6 Å². The van der Waals surface area contributed by atoms with Gasteiger partial charge >= 0.3 is 5.97 Å². The lowest BCUT2D eigenvalue weighted by atomic mass is 10.00. The Hall–Kier alpha value is -1.36. The normalized spacial score (nSPS) is 24.1. The van der Waals surface area contributed by atoms with E-state index in [0.717, 1.165) is 12.8 Å². The first-order valence-electron chi connectivity index (χ1n) is 6.01. The summed E-state index contributed by atoms with van der Waals surface area (Å²) in [6, 6.07) is 0. The second-order valence-electron chi connectivity index (χ2n) is 4.20. The number of aromatic nitrogens is 1. The topological polar surface area (TPSA) is 72.6 Å². The maximum atomic E-state index is 11.0. The molecule has 0 aliphatic carbocycles. The second-order valence-corrected chi connectivity index (χ2v) is 4.20. The van der Waals surface area contributed by atoms with E-state index in [2.05, 4.69) is 4.98 Å². The van der Waals surface area contributed by atoms with Crippen molar-refractivity contribution in [1.29, 1.82) is 0 Å². The van der Waals surface area contributed by atoms with Gasteiger partial charge in [0.05, 0.1) is 17.7 Å². The lowest BCUT2D eigenvalue weighted by molar-refractivity contribution is 0.0652. The average molecular weight is 239 g/mol. The van der Waals surface area contributed by atoms with E-state index < -0.39 is 5.97 Å². The quantitative estimate of drug-likeness (QED) is 0.872. The second kappa shape index (κ2) is 4.87. The molecule has 0 amide bonds. The van der Waals surface area contributed by atoms with Crippen molar-refractivity contribution in [2.24, 2.45) is 0 Å². The molecule has 1 saturated heterocycles. The minimum absolute atomic E-state index is 0.0238. The summed E-state index contributed by atoms with van der Waals surface area (Å²) < 4.78 is 11.0. The number of hydrogen-bond acceptors (Lipinski definition) is 4. The van der Waals surface area contributed by atoms with E-state index in [1.54, 1.807) is 0 Å². The van der Waals surface area contributed by atoms with Gasteiger partial charge in [0.2, 0.25) is 11.7 Å². The molecule has 2 rings (SSSR count). The number of rotatable bonds is 4. The SMILES string of the molecule is CCc1nc(C2CCOC2CC)oc1C(=O)O. The van der Waals surface area contributed by atoms with Gasteiger partial charge in [-0.2, -0.15) is 0 Å². The van der Waals surface area contributed by atoms with Gasteiger partial charge in [-0.3, -0.25) is 0 Å². The Morgan fingerprint density at radius 3 is 2.82 bits per heavy atom. The third kappa shape index (κ3) is 2.20. The van der Waals surface area contributed by atoms with Gasteiger partial charge in [0.25, 0.3) is 0 Å². The zero-order valence-corrected chi connectivity index (χ0v) is 10.1. The monoisotopic (exact) mass is 239 g/mol. The summed E-state index contributed by atoms with van der Waals surface area (Å²) in [6.45, 7) is 4.61. The molecule has 1 fully saturated rings. The van der Waals surface area contributed by atoms with Crippen LogP contribution in [0.15, 0.2) is 4.42 Å². The highest BCUT2D eigenvalue weighted by Crippen LogP contribution is 2.33. The van der Waals surface area contributed by atoms with Crippen molar-refractivity contribution < 1.29 is 19.1 Å². The lowest BCUT2D eigenvalue weighted by Gasteiger charge is -2.12. The number of nitrogens with zero attached hydrogens (tertiary/aromatic N) is 1. The lowest BCUT2D eigenvalue weighted by Crippen LogP contribution is -2.13. The summed E-state index contributed by atoms with van der Waals surface area (Å²) in [5, 5.41) is 9.01. The van der Waals surface area contributed by atoms with Gasteiger partial charge in [0.15, 0.2) is 0 Å². The predicted molar refractivity (Wildman–Crippen MR) is 60.2 cm³/mol. The number of carboxylic acids is 1. The molecule has 1 aromatic rings. The van der Waals surface area contributed by atoms with Crippen molar-refractivity contribution in [3.05, 3.63) is 17.3 Å². The number of aromatic carboxylic acids is 1. The van der Waals surface area contributed by atoms with Crippen molar-refractivity contribution in [3.8, 4) is 0 Å². The van der Waals surface area contributed by atoms with Crippen LogP contribution >= 0.6 is 0 Å². The van der Waals surface area contributed by atoms with Gasteiger partial charge < -0.3 is 14.3 Å². The van der Waals surface area contributed by atoms with Crippen molar-refractivity contribution in [2.75, 3.05) is 6.61 Å². The molecule has 0 aromatic carbocycles. The van der Waals surface area contributed by atoms with Crippen molar-refractivity contribution in [2.45, 2.75) is 45.1 Å². The van der Waals surface area contributed by atoms with E-state index >= 15 is 0 Å². The van der Waals surface area contributed by atoms with Crippen LogP contribution in [0.25, 0.3) is 0 Å². The summed E-state index contributed by atoms with van der Waals surface area (Å²) in [5.41, 5.74) is 0.522. The zero-order valence-electron chi connectivity index (χ0n) is 10.1. The minimum Gasteiger partial charge on any atom is -0.475 e. The molecule has 5 nitrogen and oxygen atoms in total. The molecular formula is C12H17NO4. The third-order valence-electron chi connectivity index (χ3n) is 3.17. The van der Waals surface area contributed by atoms with Crippen LogP contribution < -0.4 is 0 Å². The Morgan fingerprint density at radius 2 is 2.29 bits per heavy atom. The standard InChI is InChI=1S/C12H17NO4/c1-3-8-10(12(14)15)17-11(13-8)7-5-6-16-9(7)4-2/h7,9H,3-6H2,1-2H3,(H,14,15). The van der Waals surface area contributed by atoms with Crippen LogP contribution in [0, 0.1) is 0 Å². The molecule has 1 aliphatic heterocycles. The van der Waals surface area contributed by atoms with Gasteiger partial charge in [-0.05, 0) is 19.3 Å². The Balaban J connectivity index is 2.30. The summed E-state index contributed by atoms with van der Waals surface area (Å²) in [7, 11) is 0. The Morgan fingerprint density at radius 1 is 1.53 bits per heavy atom. The predicted octanol–water partition coefficient (Wildman–Crippen LogP) is 2.22. The van der Waals surface area contributed by atoms with E-state index in [1.807, 2.05) is 13.8 Å². The van der Waals surface area contributed by atoms with Crippen LogP contribution in [0.1, 0.15) is 54.7 Å². The number of carboxylic acid groups (broad SMARTS) is 1. The molecule has 1 aliphatic rings. The first kappa shape index (κ1) is 12.1. The van der Waals surface area contributed by atoms with Gasteiger partial charge in [-0.1, -0.05) is 13.8 Å². The first-order chi connectivity index (χ1) is 8.17. The maximum Gasteiger partial charge on any atom is 0.373 e. The molecule has 2 atom stereocenters.